The summed E-state index contributed by atoms with van der Waals surface area (Å²) < 4.78 is 0.716. The molecule has 0 spiro atoms. The van der Waals surface area contributed by atoms with Crippen molar-refractivity contribution in [1.82, 2.24) is 0 Å². The minimum atomic E-state index is 0.0930. The highest BCUT2D eigenvalue weighted by atomic mass is 16.1. The molecule has 30 heavy (non-hydrogen) atoms. The summed E-state index contributed by atoms with van der Waals surface area (Å²) in [7, 11) is 0. The Kier molecular flexibility index (Phi) is 7.60. The van der Waals surface area contributed by atoms with E-state index in [1.165, 1.54) is 16.7 Å². The molecule has 1 fully saturated rings. The van der Waals surface area contributed by atoms with E-state index in [2.05, 4.69) is 63.2 Å². The van der Waals surface area contributed by atoms with Crippen molar-refractivity contribution < 1.29 is 14.1 Å². The van der Waals surface area contributed by atoms with E-state index in [0.29, 0.717) is 29.7 Å². The van der Waals surface area contributed by atoms with E-state index in [1.54, 1.807) is 0 Å². The number of quaternary nitrogens is 1. The Morgan fingerprint density at radius 1 is 1.00 bits per heavy atom. The molecule has 0 saturated carbocycles. The summed E-state index contributed by atoms with van der Waals surface area (Å²) in [5.41, 5.74) is 4.79. The number of nitrogens with zero attached hydrogens (tertiary/aromatic N) is 1. The predicted octanol–water partition coefficient (Wildman–Crippen LogP) is 5.21. The maximum atomic E-state index is 13.3. The van der Waals surface area contributed by atoms with Crippen LogP contribution in [0.5, 0.6) is 0 Å². The molecule has 2 aromatic carbocycles. The molecule has 3 rings (SSSR count). The lowest BCUT2D eigenvalue weighted by Crippen LogP contribution is -2.57. The second kappa shape index (κ2) is 10.2. The number of Topliss-reactive ketones (excluding diaryl/α,β-unsaturated/α-hetero) is 2. The number of hydrogen-bond acceptors (Lipinski definition) is 2. The Bertz CT molecular complexity index is 853. The Labute approximate surface area is 181 Å². The monoisotopic (exact) mass is 406 g/mol. The standard InChI is InChI=1S/C27H36NO2/c1-4-10-27(30)24-15-9-16-28(19-24,18-23-13-6-5-7-14-23)20-25(29)17-26-21(2)11-8-12-22(26)3/h5-8,11-14,24H,4,9-10,15-20H2,1-3H3/q+1. The van der Waals surface area contributed by atoms with E-state index in [0.717, 1.165) is 44.5 Å². The molecule has 2 aromatic rings. The van der Waals surface area contributed by atoms with Crippen LogP contribution >= 0.6 is 0 Å². The van der Waals surface area contributed by atoms with Gasteiger partial charge in [0.2, 0.25) is 0 Å². The smallest absolute Gasteiger partial charge is 0.191 e. The van der Waals surface area contributed by atoms with Crippen LogP contribution in [0.1, 0.15) is 54.9 Å². The highest BCUT2D eigenvalue weighted by Crippen LogP contribution is 2.29. The average Bonchev–Trinajstić information content (AvgIpc) is 2.72. The summed E-state index contributed by atoms with van der Waals surface area (Å²) in [6.45, 7) is 9.36. The van der Waals surface area contributed by atoms with Gasteiger partial charge >= 0.3 is 0 Å². The number of likely N-dealkylation sites (tertiary alicyclic amines) is 1. The highest BCUT2D eigenvalue weighted by molar-refractivity contribution is 5.83. The lowest BCUT2D eigenvalue weighted by molar-refractivity contribution is -0.940. The molecule has 160 valence electrons. The topological polar surface area (TPSA) is 34.1 Å². The van der Waals surface area contributed by atoms with Gasteiger partial charge < -0.3 is 4.48 Å². The minimum Gasteiger partial charge on any atom is -0.313 e. The molecule has 1 aliphatic rings. The van der Waals surface area contributed by atoms with Crippen LogP contribution in [0.4, 0.5) is 0 Å². The van der Waals surface area contributed by atoms with Gasteiger partial charge in [0, 0.05) is 18.4 Å². The van der Waals surface area contributed by atoms with Crippen LogP contribution in [-0.4, -0.2) is 35.7 Å². The summed E-state index contributed by atoms with van der Waals surface area (Å²) in [4.78, 5) is 26.0. The quantitative estimate of drug-likeness (QED) is 0.536. The Balaban J connectivity index is 1.82. The van der Waals surface area contributed by atoms with Gasteiger partial charge in [-0.05, 0) is 49.8 Å². The first kappa shape index (κ1) is 22.4. The molecular formula is C27H36NO2+. The van der Waals surface area contributed by atoms with Crippen molar-refractivity contribution in [2.75, 3.05) is 19.6 Å². The Hall–Kier alpha value is -2.26. The zero-order valence-corrected chi connectivity index (χ0v) is 18.8. The van der Waals surface area contributed by atoms with E-state index in [1.807, 2.05) is 6.07 Å². The van der Waals surface area contributed by atoms with E-state index in [-0.39, 0.29) is 11.7 Å². The fraction of sp³-hybridized carbons (Fsp3) is 0.481. The first-order chi connectivity index (χ1) is 14.4. The van der Waals surface area contributed by atoms with E-state index < -0.39 is 0 Å². The van der Waals surface area contributed by atoms with Gasteiger partial charge in [-0.2, -0.15) is 0 Å². The first-order valence-electron chi connectivity index (χ1n) is 11.4. The third-order valence-corrected chi connectivity index (χ3v) is 6.64. The number of benzene rings is 2. The maximum absolute atomic E-state index is 13.3. The number of ketones is 2. The summed E-state index contributed by atoms with van der Waals surface area (Å²) >= 11 is 0. The normalized spacial score (nSPS) is 21.4. The van der Waals surface area contributed by atoms with Crippen LogP contribution in [0.3, 0.4) is 0 Å². The van der Waals surface area contributed by atoms with Gasteiger partial charge in [-0.1, -0.05) is 55.5 Å². The van der Waals surface area contributed by atoms with Gasteiger partial charge in [0.1, 0.15) is 18.9 Å². The Morgan fingerprint density at radius 3 is 2.37 bits per heavy atom. The molecule has 0 aliphatic carbocycles. The highest BCUT2D eigenvalue weighted by Gasteiger charge is 2.39. The summed E-state index contributed by atoms with van der Waals surface area (Å²) in [5, 5.41) is 0. The zero-order valence-electron chi connectivity index (χ0n) is 18.8. The Morgan fingerprint density at radius 2 is 1.70 bits per heavy atom. The minimum absolute atomic E-state index is 0.0930. The fourth-order valence-corrected chi connectivity index (χ4v) is 5.11. The number of hydrogen-bond donors (Lipinski definition) is 0. The van der Waals surface area contributed by atoms with Crippen molar-refractivity contribution in [3.63, 3.8) is 0 Å². The van der Waals surface area contributed by atoms with Crippen LogP contribution in [0.2, 0.25) is 0 Å². The van der Waals surface area contributed by atoms with Crippen molar-refractivity contribution in [3.8, 4) is 0 Å². The van der Waals surface area contributed by atoms with Crippen molar-refractivity contribution in [2.24, 2.45) is 5.92 Å². The molecule has 0 aromatic heterocycles. The van der Waals surface area contributed by atoms with E-state index in [9.17, 15) is 9.59 Å². The molecule has 3 heteroatoms. The second-order valence-electron chi connectivity index (χ2n) is 9.19. The molecule has 0 amide bonds. The lowest BCUT2D eigenvalue weighted by atomic mass is 9.88. The van der Waals surface area contributed by atoms with Crippen LogP contribution in [-0.2, 0) is 22.6 Å². The first-order valence-corrected chi connectivity index (χ1v) is 11.4. The van der Waals surface area contributed by atoms with Crippen molar-refractivity contribution in [2.45, 2.75) is 59.4 Å². The SMILES string of the molecule is CCCC(=O)C1CCC[N+](CC(=O)Cc2c(C)cccc2C)(Cc2ccccc2)C1. The molecule has 1 heterocycles. The average molecular weight is 407 g/mol. The van der Waals surface area contributed by atoms with Gasteiger partial charge in [0.05, 0.1) is 19.0 Å². The van der Waals surface area contributed by atoms with Crippen LogP contribution in [0.15, 0.2) is 48.5 Å². The number of carbonyl (C=O) groups excluding carboxylic acids is 2. The fourth-order valence-electron chi connectivity index (χ4n) is 5.11. The molecule has 1 saturated heterocycles. The largest absolute Gasteiger partial charge is 0.313 e. The predicted molar refractivity (Wildman–Crippen MR) is 122 cm³/mol. The third-order valence-electron chi connectivity index (χ3n) is 6.64. The molecule has 0 radical (unpaired) electrons. The number of carbonyl (C=O) groups is 2. The van der Waals surface area contributed by atoms with Crippen LogP contribution in [0.25, 0.3) is 0 Å². The van der Waals surface area contributed by atoms with Gasteiger partial charge in [0.25, 0.3) is 0 Å². The second-order valence-corrected chi connectivity index (χ2v) is 9.19. The third kappa shape index (κ3) is 5.66. The molecule has 3 nitrogen and oxygen atoms in total. The van der Waals surface area contributed by atoms with Gasteiger partial charge in [-0.15, -0.1) is 0 Å². The molecule has 0 N–H and O–H groups in total. The summed E-state index contributed by atoms with van der Waals surface area (Å²) in [5.74, 6) is 0.761. The molecule has 2 unspecified atom stereocenters. The maximum Gasteiger partial charge on any atom is 0.191 e. The zero-order chi connectivity index (χ0) is 21.6. The summed E-state index contributed by atoms with van der Waals surface area (Å²) in [6.07, 6.45) is 4.04. The van der Waals surface area contributed by atoms with Crippen molar-refractivity contribution >= 4 is 11.6 Å². The van der Waals surface area contributed by atoms with Crippen molar-refractivity contribution in [1.29, 1.82) is 0 Å². The van der Waals surface area contributed by atoms with Crippen LogP contribution in [0, 0.1) is 19.8 Å². The van der Waals surface area contributed by atoms with Gasteiger partial charge in [-0.25, -0.2) is 0 Å². The van der Waals surface area contributed by atoms with Gasteiger partial charge in [0.15, 0.2) is 5.78 Å². The molecule has 1 aliphatic heterocycles. The number of aryl methyl sites for hydroxylation is 2. The summed E-state index contributed by atoms with van der Waals surface area (Å²) in [6, 6.07) is 16.7. The number of piperidine rings is 1. The molecular weight excluding hydrogens is 370 g/mol. The molecule has 2 atom stereocenters. The lowest BCUT2D eigenvalue weighted by Gasteiger charge is -2.44. The van der Waals surface area contributed by atoms with E-state index >= 15 is 0 Å². The van der Waals surface area contributed by atoms with Crippen LogP contribution < -0.4 is 0 Å². The number of rotatable bonds is 9. The van der Waals surface area contributed by atoms with E-state index in [4.69, 9.17) is 0 Å². The van der Waals surface area contributed by atoms with Gasteiger partial charge in [-0.3, -0.25) is 9.59 Å². The van der Waals surface area contributed by atoms with Crippen molar-refractivity contribution in [3.05, 3.63) is 70.8 Å². The molecule has 0 bridgehead atoms.